The summed E-state index contributed by atoms with van der Waals surface area (Å²) >= 11 is 0. The third-order valence-electron chi connectivity index (χ3n) is 9.11. The van der Waals surface area contributed by atoms with Crippen molar-refractivity contribution in [2.45, 2.75) is 76.0 Å². The van der Waals surface area contributed by atoms with E-state index in [1.807, 2.05) is 0 Å². The molecule has 5 rings (SSSR count). The lowest BCUT2D eigenvalue weighted by molar-refractivity contribution is 0.249. The molecule has 2 fully saturated rings. The molecule has 0 atom stereocenters. The van der Waals surface area contributed by atoms with Crippen molar-refractivity contribution in [3.05, 3.63) is 82.4 Å². The molecule has 214 valence electrons. The van der Waals surface area contributed by atoms with Crippen LogP contribution in [-0.4, -0.2) is 10.2 Å². The summed E-state index contributed by atoms with van der Waals surface area (Å²) in [5.74, 6) is -8.11. The molecule has 0 aliphatic heterocycles. The smallest absolute Gasteiger partial charge is 0.200 e. The predicted octanol–water partition coefficient (Wildman–Crippen LogP) is 9.63. The van der Waals surface area contributed by atoms with Crippen molar-refractivity contribution in [1.82, 2.24) is 0 Å². The number of rotatable bonds is 6. The van der Waals surface area contributed by atoms with Gasteiger partial charge >= 0.3 is 0 Å². The van der Waals surface area contributed by atoms with Crippen molar-refractivity contribution in [3.8, 4) is 22.6 Å². The summed E-state index contributed by atoms with van der Waals surface area (Å²) in [5, 5.41) is 18.7. The fourth-order valence-corrected chi connectivity index (χ4v) is 6.70. The lowest BCUT2D eigenvalue weighted by Crippen LogP contribution is -2.18. The van der Waals surface area contributed by atoms with Gasteiger partial charge in [-0.1, -0.05) is 31.0 Å². The molecule has 0 heterocycles. The van der Waals surface area contributed by atoms with Crippen LogP contribution in [0.2, 0.25) is 0 Å². The van der Waals surface area contributed by atoms with Crippen LogP contribution in [0.5, 0.6) is 11.5 Å². The van der Waals surface area contributed by atoms with Crippen LogP contribution >= 0.6 is 0 Å². The minimum atomic E-state index is -1.51. The summed E-state index contributed by atoms with van der Waals surface area (Å²) in [5.41, 5.74) is -0.254. The maximum atomic E-state index is 15.1. The van der Waals surface area contributed by atoms with Crippen molar-refractivity contribution in [2.24, 2.45) is 11.8 Å². The number of benzene rings is 3. The van der Waals surface area contributed by atoms with Crippen molar-refractivity contribution in [3.63, 3.8) is 0 Å². The first-order chi connectivity index (χ1) is 19.2. The van der Waals surface area contributed by atoms with Crippen LogP contribution in [0.1, 0.15) is 87.2 Å². The maximum absolute atomic E-state index is 15.1. The van der Waals surface area contributed by atoms with Crippen LogP contribution in [0.3, 0.4) is 0 Å². The fraction of sp³-hybridized carbons (Fsp3) is 0.438. The molecule has 0 radical (unpaired) electrons. The number of aromatic hydroxyl groups is 2. The summed E-state index contributed by atoms with van der Waals surface area (Å²) in [6.45, 7) is 0. The highest BCUT2D eigenvalue weighted by Crippen LogP contribution is 2.44. The first-order valence-corrected chi connectivity index (χ1v) is 14.0. The first kappa shape index (κ1) is 28.4. The molecular weight excluding hydrogens is 530 g/mol. The van der Waals surface area contributed by atoms with Crippen molar-refractivity contribution in [2.75, 3.05) is 0 Å². The summed E-state index contributed by atoms with van der Waals surface area (Å²) in [7, 11) is 0. The first-order valence-electron chi connectivity index (χ1n) is 14.0. The zero-order valence-electron chi connectivity index (χ0n) is 22.0. The topological polar surface area (TPSA) is 40.5 Å². The average Bonchev–Trinajstić information content (AvgIpc) is 2.96. The lowest BCUT2D eigenvalue weighted by Gasteiger charge is -2.32. The van der Waals surface area contributed by atoms with E-state index in [1.54, 1.807) is 0 Å². The standard InChI is InChI=1S/C32H32F6O2/c33-27-21(11-12-23(29(27)35)24-14-16-26(40)32(38)30(24)36)19-7-3-17(4-8-19)1-2-18-5-9-20(10-6-18)22-13-15-25(39)31(37)28(22)34/h11-20,39-40H,1-10H2. The highest BCUT2D eigenvalue weighted by molar-refractivity contribution is 5.66. The van der Waals surface area contributed by atoms with Crippen molar-refractivity contribution >= 4 is 0 Å². The molecule has 0 bridgehead atoms. The van der Waals surface area contributed by atoms with Gasteiger partial charge in [0.1, 0.15) is 0 Å². The van der Waals surface area contributed by atoms with Gasteiger partial charge in [0.05, 0.1) is 0 Å². The Labute approximate surface area is 229 Å². The van der Waals surface area contributed by atoms with E-state index < -0.39 is 52.0 Å². The molecule has 2 aliphatic rings. The van der Waals surface area contributed by atoms with E-state index in [-0.39, 0.29) is 23.0 Å². The predicted molar refractivity (Wildman–Crippen MR) is 140 cm³/mol. The van der Waals surface area contributed by atoms with Crippen molar-refractivity contribution in [1.29, 1.82) is 0 Å². The largest absolute Gasteiger partial charge is 0.505 e. The van der Waals surface area contributed by atoms with E-state index in [4.69, 9.17) is 0 Å². The second-order valence-electron chi connectivity index (χ2n) is 11.4. The van der Waals surface area contributed by atoms with E-state index in [0.717, 1.165) is 63.5 Å². The molecule has 8 heteroatoms. The summed E-state index contributed by atoms with van der Waals surface area (Å²) in [6, 6.07) is 7.33. The summed E-state index contributed by atoms with van der Waals surface area (Å²) < 4.78 is 86.0. The Morgan fingerprint density at radius 3 is 1.30 bits per heavy atom. The Bertz CT molecular complexity index is 1370. The van der Waals surface area contributed by atoms with Crippen LogP contribution in [0.15, 0.2) is 36.4 Å². The monoisotopic (exact) mass is 562 g/mol. The molecule has 2 nitrogen and oxygen atoms in total. The van der Waals surface area contributed by atoms with Gasteiger partial charge in [-0.25, -0.2) is 17.6 Å². The number of halogens is 6. The van der Waals surface area contributed by atoms with E-state index in [9.17, 15) is 32.2 Å². The Morgan fingerprint density at radius 2 is 0.800 bits per heavy atom. The van der Waals surface area contributed by atoms with Gasteiger partial charge in [-0.15, -0.1) is 0 Å². The minimum absolute atomic E-state index is 0.0481. The summed E-state index contributed by atoms with van der Waals surface area (Å²) in [4.78, 5) is 0. The molecule has 3 aromatic carbocycles. The third kappa shape index (κ3) is 5.54. The Hall–Kier alpha value is -3.16. The molecule has 0 spiro atoms. The van der Waals surface area contributed by atoms with E-state index in [0.29, 0.717) is 30.2 Å². The van der Waals surface area contributed by atoms with Gasteiger partial charge in [-0.05, 0) is 104 Å². The summed E-state index contributed by atoms with van der Waals surface area (Å²) in [6.07, 6.45) is 8.70. The molecule has 0 saturated heterocycles. The highest BCUT2D eigenvalue weighted by Gasteiger charge is 2.30. The molecule has 3 aromatic rings. The second-order valence-corrected chi connectivity index (χ2v) is 11.4. The van der Waals surface area contributed by atoms with Crippen LogP contribution in [-0.2, 0) is 0 Å². The van der Waals surface area contributed by atoms with E-state index in [1.165, 1.54) is 24.3 Å². The van der Waals surface area contributed by atoms with Gasteiger partial charge in [0.25, 0.3) is 0 Å². The average molecular weight is 563 g/mol. The van der Waals surface area contributed by atoms with Gasteiger partial charge in [0.15, 0.2) is 34.8 Å². The van der Waals surface area contributed by atoms with Gasteiger partial charge in [-0.2, -0.15) is 8.78 Å². The van der Waals surface area contributed by atoms with Crippen LogP contribution < -0.4 is 0 Å². The Balaban J connectivity index is 1.13. The molecule has 2 aliphatic carbocycles. The van der Waals surface area contributed by atoms with Crippen molar-refractivity contribution < 1.29 is 36.6 Å². The number of hydrogen-bond donors (Lipinski definition) is 2. The molecule has 0 amide bonds. The van der Waals surface area contributed by atoms with Crippen LogP contribution in [0.25, 0.3) is 11.1 Å². The Kier molecular flexibility index (Phi) is 8.34. The number of hydrogen-bond acceptors (Lipinski definition) is 2. The number of phenols is 2. The van der Waals surface area contributed by atoms with Gasteiger partial charge in [0.2, 0.25) is 11.6 Å². The van der Waals surface area contributed by atoms with Gasteiger partial charge < -0.3 is 10.2 Å². The quantitative estimate of drug-likeness (QED) is 0.294. The normalized spacial score (nSPS) is 23.4. The van der Waals surface area contributed by atoms with E-state index >= 15 is 4.39 Å². The number of phenolic OH excluding ortho intramolecular Hbond substituents is 2. The molecule has 2 N–H and O–H groups in total. The molecule has 2 saturated carbocycles. The lowest BCUT2D eigenvalue weighted by atomic mass is 9.73. The zero-order valence-corrected chi connectivity index (χ0v) is 22.0. The second kappa shape index (κ2) is 11.8. The van der Waals surface area contributed by atoms with Crippen LogP contribution in [0, 0.1) is 46.7 Å². The third-order valence-corrected chi connectivity index (χ3v) is 9.11. The van der Waals surface area contributed by atoms with E-state index in [2.05, 4.69) is 0 Å². The zero-order chi connectivity index (χ0) is 28.6. The molecule has 40 heavy (non-hydrogen) atoms. The van der Waals surface area contributed by atoms with Gasteiger partial charge in [0, 0.05) is 11.1 Å². The van der Waals surface area contributed by atoms with Crippen LogP contribution in [0.4, 0.5) is 26.3 Å². The van der Waals surface area contributed by atoms with Gasteiger partial charge in [-0.3, -0.25) is 0 Å². The fourth-order valence-electron chi connectivity index (χ4n) is 6.70. The minimum Gasteiger partial charge on any atom is -0.505 e. The molecule has 0 unspecified atom stereocenters. The SMILES string of the molecule is Oc1ccc(-c2ccc(C3CCC(CCC4CCC(c5ccc(O)c(F)c5F)CC4)CC3)c(F)c2F)c(F)c1F. The highest BCUT2D eigenvalue weighted by atomic mass is 19.2. The Morgan fingerprint density at radius 1 is 0.450 bits per heavy atom. The molecule has 0 aromatic heterocycles. The maximum Gasteiger partial charge on any atom is 0.200 e. The molecular formula is C32H32F6O2.